The Morgan fingerprint density at radius 2 is 1.90 bits per heavy atom. The highest BCUT2D eigenvalue weighted by molar-refractivity contribution is 9.10. The molecule has 0 aromatic heterocycles. The number of nitrogens with zero attached hydrogens (tertiary/aromatic N) is 1. The molecule has 4 nitrogen and oxygen atoms in total. The maximum atomic E-state index is 12.2. The van der Waals surface area contributed by atoms with Crippen molar-refractivity contribution in [2.75, 3.05) is 12.0 Å². The first-order valence-electron chi connectivity index (χ1n) is 6.60. The van der Waals surface area contributed by atoms with Crippen LogP contribution in [0.1, 0.15) is 11.6 Å². The lowest BCUT2D eigenvalue weighted by Crippen LogP contribution is -2.63. The lowest BCUT2D eigenvalue weighted by molar-refractivity contribution is -0.126. The molecule has 0 saturated carbocycles. The largest absolute Gasteiger partial charge is 0.497 e. The highest BCUT2D eigenvalue weighted by Crippen LogP contribution is 2.39. The standard InChI is InChI=1S/C16H15BrN2O2/c1-21-13-4-2-3-12(9-13)19-15(14(18)16(19)20)10-5-7-11(17)8-6-10/h2-9,14-15H,18H2,1H3/t14-,15-/m0/s1. The van der Waals surface area contributed by atoms with E-state index in [9.17, 15) is 4.79 Å². The summed E-state index contributed by atoms with van der Waals surface area (Å²) in [6.07, 6.45) is 0. The fraction of sp³-hybridized carbons (Fsp3) is 0.188. The maximum absolute atomic E-state index is 12.2. The zero-order valence-electron chi connectivity index (χ0n) is 11.5. The molecule has 2 aromatic carbocycles. The van der Waals surface area contributed by atoms with Gasteiger partial charge in [-0.2, -0.15) is 0 Å². The minimum Gasteiger partial charge on any atom is -0.497 e. The first-order chi connectivity index (χ1) is 10.1. The Balaban J connectivity index is 1.96. The molecule has 21 heavy (non-hydrogen) atoms. The molecule has 3 rings (SSSR count). The van der Waals surface area contributed by atoms with Gasteiger partial charge in [0.15, 0.2) is 0 Å². The van der Waals surface area contributed by atoms with E-state index < -0.39 is 6.04 Å². The molecule has 2 N–H and O–H groups in total. The minimum absolute atomic E-state index is 0.0730. The lowest BCUT2D eigenvalue weighted by Gasteiger charge is -2.45. The Kier molecular flexibility index (Phi) is 3.69. The summed E-state index contributed by atoms with van der Waals surface area (Å²) in [6.45, 7) is 0. The van der Waals surface area contributed by atoms with Gasteiger partial charge in [-0.25, -0.2) is 0 Å². The molecule has 5 heteroatoms. The quantitative estimate of drug-likeness (QED) is 0.869. The van der Waals surface area contributed by atoms with E-state index in [-0.39, 0.29) is 11.9 Å². The van der Waals surface area contributed by atoms with Gasteiger partial charge in [0.25, 0.3) is 0 Å². The fourth-order valence-corrected chi connectivity index (χ4v) is 2.84. The average molecular weight is 347 g/mol. The number of nitrogens with two attached hydrogens (primary N) is 1. The molecule has 2 aromatic rings. The number of amides is 1. The van der Waals surface area contributed by atoms with Crippen LogP contribution in [0.4, 0.5) is 5.69 Å². The van der Waals surface area contributed by atoms with Gasteiger partial charge in [-0.1, -0.05) is 34.1 Å². The molecule has 108 valence electrons. The number of ether oxygens (including phenoxy) is 1. The normalized spacial score (nSPS) is 21.1. The number of benzene rings is 2. The second-order valence-corrected chi connectivity index (χ2v) is 5.85. The van der Waals surface area contributed by atoms with Crippen LogP contribution in [0.15, 0.2) is 53.0 Å². The summed E-state index contributed by atoms with van der Waals surface area (Å²) in [5, 5.41) is 0. The summed E-state index contributed by atoms with van der Waals surface area (Å²) < 4.78 is 6.22. The van der Waals surface area contributed by atoms with Crippen molar-refractivity contribution in [3.63, 3.8) is 0 Å². The second kappa shape index (κ2) is 5.50. The van der Waals surface area contributed by atoms with Crippen LogP contribution in [0, 0.1) is 0 Å². The van der Waals surface area contributed by atoms with Crippen LogP contribution in [0.3, 0.4) is 0 Å². The SMILES string of the molecule is COc1cccc(N2C(=O)[C@@H](N)[C@@H]2c2ccc(Br)cc2)c1. The van der Waals surface area contributed by atoms with Crippen molar-refractivity contribution in [3.05, 3.63) is 58.6 Å². The lowest BCUT2D eigenvalue weighted by atomic mass is 9.88. The van der Waals surface area contributed by atoms with Crippen LogP contribution in [0.2, 0.25) is 0 Å². The van der Waals surface area contributed by atoms with Crippen LogP contribution >= 0.6 is 15.9 Å². The Labute approximate surface area is 131 Å². The molecular weight excluding hydrogens is 332 g/mol. The number of hydrogen-bond donors (Lipinski definition) is 1. The summed E-state index contributed by atoms with van der Waals surface area (Å²) in [5.41, 5.74) is 7.82. The van der Waals surface area contributed by atoms with E-state index in [4.69, 9.17) is 10.5 Å². The van der Waals surface area contributed by atoms with Gasteiger partial charge in [0, 0.05) is 16.2 Å². The van der Waals surface area contributed by atoms with Crippen LogP contribution in [0.25, 0.3) is 0 Å². The van der Waals surface area contributed by atoms with Crippen LogP contribution < -0.4 is 15.4 Å². The van der Waals surface area contributed by atoms with Crippen LogP contribution in [0.5, 0.6) is 5.75 Å². The van der Waals surface area contributed by atoms with Crippen molar-refractivity contribution in [1.29, 1.82) is 0 Å². The Hall–Kier alpha value is -1.85. The van der Waals surface area contributed by atoms with Crippen molar-refractivity contribution in [1.82, 2.24) is 0 Å². The first kappa shape index (κ1) is 14.1. The number of halogens is 1. The highest BCUT2D eigenvalue weighted by Gasteiger charge is 2.46. The fourth-order valence-electron chi connectivity index (χ4n) is 2.58. The van der Waals surface area contributed by atoms with Gasteiger partial charge in [-0.05, 0) is 29.8 Å². The molecular formula is C16H15BrN2O2. The average Bonchev–Trinajstić information content (AvgIpc) is 2.52. The molecule has 0 spiro atoms. The van der Waals surface area contributed by atoms with Gasteiger partial charge < -0.3 is 15.4 Å². The van der Waals surface area contributed by atoms with Crippen molar-refractivity contribution < 1.29 is 9.53 Å². The number of methoxy groups -OCH3 is 1. The number of carbonyl (C=O) groups excluding carboxylic acids is 1. The summed E-state index contributed by atoms with van der Waals surface area (Å²) in [5.74, 6) is 0.645. The van der Waals surface area contributed by atoms with Gasteiger partial charge in [-0.15, -0.1) is 0 Å². The number of rotatable bonds is 3. The number of hydrogen-bond acceptors (Lipinski definition) is 3. The molecule has 1 amide bonds. The van der Waals surface area contributed by atoms with E-state index in [1.54, 1.807) is 12.0 Å². The molecule has 1 aliphatic heterocycles. The predicted octanol–water partition coefficient (Wildman–Crippen LogP) is 2.87. The first-order valence-corrected chi connectivity index (χ1v) is 7.39. The zero-order valence-corrected chi connectivity index (χ0v) is 13.1. The summed E-state index contributed by atoms with van der Waals surface area (Å²) in [6, 6.07) is 14.7. The summed E-state index contributed by atoms with van der Waals surface area (Å²) in [7, 11) is 1.61. The Bertz CT molecular complexity index is 672. The van der Waals surface area contributed by atoms with Crippen molar-refractivity contribution >= 4 is 27.5 Å². The minimum atomic E-state index is -0.502. The predicted molar refractivity (Wildman–Crippen MR) is 85.3 cm³/mol. The third-order valence-corrected chi connectivity index (χ3v) is 4.21. The molecule has 1 saturated heterocycles. The van der Waals surface area contributed by atoms with E-state index >= 15 is 0 Å². The highest BCUT2D eigenvalue weighted by atomic mass is 79.9. The van der Waals surface area contributed by atoms with Gasteiger partial charge in [0.05, 0.1) is 13.2 Å². The third kappa shape index (κ3) is 2.43. The summed E-state index contributed by atoms with van der Waals surface area (Å²) in [4.78, 5) is 13.9. The van der Waals surface area contributed by atoms with Crippen LogP contribution in [-0.4, -0.2) is 19.1 Å². The number of β-lactam (4-membered cyclic amide) rings is 1. The van der Waals surface area contributed by atoms with Crippen molar-refractivity contribution in [2.24, 2.45) is 5.73 Å². The Morgan fingerprint density at radius 1 is 1.19 bits per heavy atom. The molecule has 0 aliphatic carbocycles. The topological polar surface area (TPSA) is 55.6 Å². The second-order valence-electron chi connectivity index (χ2n) is 4.93. The van der Waals surface area contributed by atoms with E-state index in [1.165, 1.54) is 0 Å². The molecule has 1 aliphatic rings. The van der Waals surface area contributed by atoms with Crippen LogP contribution in [-0.2, 0) is 4.79 Å². The van der Waals surface area contributed by atoms with E-state index in [2.05, 4.69) is 15.9 Å². The molecule has 1 fully saturated rings. The Morgan fingerprint density at radius 3 is 2.57 bits per heavy atom. The molecule has 0 bridgehead atoms. The van der Waals surface area contributed by atoms with Gasteiger partial charge in [0.1, 0.15) is 11.8 Å². The van der Waals surface area contributed by atoms with Crippen molar-refractivity contribution in [2.45, 2.75) is 12.1 Å². The third-order valence-electron chi connectivity index (χ3n) is 3.68. The molecule has 0 unspecified atom stereocenters. The molecule has 1 heterocycles. The molecule has 2 atom stereocenters. The van der Waals surface area contributed by atoms with E-state index in [1.807, 2.05) is 48.5 Å². The number of anilines is 1. The van der Waals surface area contributed by atoms with Crippen molar-refractivity contribution in [3.8, 4) is 5.75 Å². The monoisotopic (exact) mass is 346 g/mol. The smallest absolute Gasteiger partial charge is 0.247 e. The van der Waals surface area contributed by atoms with E-state index in [0.29, 0.717) is 0 Å². The van der Waals surface area contributed by atoms with E-state index in [0.717, 1.165) is 21.5 Å². The molecule has 0 radical (unpaired) electrons. The summed E-state index contributed by atoms with van der Waals surface area (Å²) >= 11 is 3.41. The zero-order chi connectivity index (χ0) is 15.0. The van der Waals surface area contributed by atoms with Gasteiger partial charge in [-0.3, -0.25) is 4.79 Å². The number of carbonyl (C=O) groups is 1. The van der Waals surface area contributed by atoms with Gasteiger partial charge in [0.2, 0.25) is 5.91 Å². The van der Waals surface area contributed by atoms with Gasteiger partial charge >= 0.3 is 0 Å². The maximum Gasteiger partial charge on any atom is 0.247 e.